The van der Waals surface area contributed by atoms with Crippen molar-refractivity contribution in [2.24, 2.45) is 0 Å². The summed E-state index contributed by atoms with van der Waals surface area (Å²) in [5.41, 5.74) is 2.11. The molecule has 0 aromatic heterocycles. The molecule has 0 aliphatic rings. The maximum absolute atomic E-state index is 14.3. The van der Waals surface area contributed by atoms with Crippen LogP contribution >= 0.6 is 15.9 Å². The smallest absolute Gasteiger partial charge is 0.244 e. The minimum atomic E-state index is -3.87. The van der Waals surface area contributed by atoms with Crippen LogP contribution in [-0.4, -0.2) is 50.0 Å². The second kappa shape index (κ2) is 14.0. The maximum Gasteiger partial charge on any atom is 0.244 e. The maximum atomic E-state index is 14.3. The van der Waals surface area contributed by atoms with Crippen LogP contribution < -0.4 is 9.62 Å². The van der Waals surface area contributed by atoms with Gasteiger partial charge in [-0.1, -0.05) is 102 Å². The van der Waals surface area contributed by atoms with Gasteiger partial charge in [0.05, 0.1) is 11.9 Å². The number of anilines is 1. The van der Waals surface area contributed by atoms with Crippen molar-refractivity contribution in [1.29, 1.82) is 0 Å². The largest absolute Gasteiger partial charge is 0.352 e. The van der Waals surface area contributed by atoms with Crippen molar-refractivity contribution in [3.63, 3.8) is 0 Å². The molecule has 2 atom stereocenters. The molecule has 0 unspecified atom stereocenters. The summed E-state index contributed by atoms with van der Waals surface area (Å²) in [4.78, 5) is 29.6. The zero-order valence-corrected chi connectivity index (χ0v) is 26.4. The molecule has 0 aliphatic carbocycles. The fourth-order valence-electron chi connectivity index (χ4n) is 4.85. The highest BCUT2D eigenvalue weighted by atomic mass is 79.9. The molecule has 0 radical (unpaired) electrons. The summed E-state index contributed by atoms with van der Waals surface area (Å²) in [6.07, 6.45) is 2.10. The van der Waals surface area contributed by atoms with E-state index < -0.39 is 28.5 Å². The predicted molar refractivity (Wildman–Crippen MR) is 173 cm³/mol. The van der Waals surface area contributed by atoms with Crippen molar-refractivity contribution < 1.29 is 18.0 Å². The number of amides is 2. The standard InChI is InChI=1S/C33H36BrN3O4S/c1-4-24(2)35-33(39)31(21-25-12-6-5-7-13-25)36(22-26-14-10-17-28(34)20-26)32(38)23-37(42(3,40)41)30-19-11-16-27-15-8-9-18-29(27)30/h5-20,24,31H,4,21-23H2,1-3H3,(H,35,39)/t24-,31+/m1/s1. The van der Waals surface area contributed by atoms with Crippen LogP contribution in [0.3, 0.4) is 0 Å². The van der Waals surface area contributed by atoms with Crippen molar-refractivity contribution >= 4 is 54.2 Å². The molecule has 7 nitrogen and oxygen atoms in total. The van der Waals surface area contributed by atoms with Gasteiger partial charge in [0, 0.05) is 28.9 Å². The van der Waals surface area contributed by atoms with Crippen LogP contribution in [0, 0.1) is 0 Å². The number of hydrogen-bond acceptors (Lipinski definition) is 4. The summed E-state index contributed by atoms with van der Waals surface area (Å²) in [6, 6.07) is 28.9. The number of halogens is 1. The summed E-state index contributed by atoms with van der Waals surface area (Å²) in [7, 11) is -3.87. The average molecular weight is 651 g/mol. The van der Waals surface area contributed by atoms with Gasteiger partial charge < -0.3 is 10.2 Å². The molecule has 0 saturated heterocycles. The normalized spacial score (nSPS) is 12.9. The van der Waals surface area contributed by atoms with Gasteiger partial charge in [0.2, 0.25) is 21.8 Å². The van der Waals surface area contributed by atoms with E-state index in [0.717, 1.165) is 38.0 Å². The lowest BCUT2D eigenvalue weighted by atomic mass is 10.0. The first-order valence-electron chi connectivity index (χ1n) is 13.9. The topological polar surface area (TPSA) is 86.8 Å². The number of hydrogen-bond donors (Lipinski definition) is 1. The zero-order chi connectivity index (χ0) is 30.3. The number of rotatable bonds is 12. The van der Waals surface area contributed by atoms with Gasteiger partial charge in [-0.15, -0.1) is 0 Å². The lowest BCUT2D eigenvalue weighted by Gasteiger charge is -2.34. The number of nitrogens with one attached hydrogen (secondary N) is 1. The molecule has 220 valence electrons. The Labute approximate surface area is 256 Å². The van der Waals surface area contributed by atoms with Gasteiger partial charge in [-0.3, -0.25) is 13.9 Å². The van der Waals surface area contributed by atoms with Crippen molar-refractivity contribution in [2.45, 2.75) is 45.3 Å². The van der Waals surface area contributed by atoms with Crippen molar-refractivity contribution in [3.05, 3.63) is 113 Å². The molecule has 0 bridgehead atoms. The van der Waals surface area contributed by atoms with Crippen LogP contribution in [0.1, 0.15) is 31.4 Å². The van der Waals surface area contributed by atoms with Crippen molar-refractivity contribution in [3.8, 4) is 0 Å². The SMILES string of the molecule is CC[C@@H](C)NC(=O)[C@H](Cc1ccccc1)N(Cc1cccc(Br)c1)C(=O)CN(c1cccc2ccccc12)S(C)(=O)=O. The molecule has 42 heavy (non-hydrogen) atoms. The number of nitrogens with zero attached hydrogens (tertiary/aromatic N) is 2. The Kier molecular flexibility index (Phi) is 10.4. The van der Waals surface area contributed by atoms with Crippen LogP contribution in [0.25, 0.3) is 10.8 Å². The number of sulfonamides is 1. The molecular formula is C33H36BrN3O4S. The third-order valence-corrected chi connectivity index (χ3v) is 8.85. The molecule has 4 rings (SSSR count). The number of fused-ring (bicyclic) bond motifs is 1. The van der Waals surface area contributed by atoms with E-state index in [4.69, 9.17) is 0 Å². The first-order valence-corrected chi connectivity index (χ1v) is 16.5. The summed E-state index contributed by atoms with van der Waals surface area (Å²) < 4.78 is 28.3. The third-order valence-electron chi connectivity index (χ3n) is 7.23. The van der Waals surface area contributed by atoms with E-state index in [1.54, 1.807) is 12.1 Å². The van der Waals surface area contributed by atoms with Crippen LogP contribution in [0.5, 0.6) is 0 Å². The average Bonchev–Trinajstić information content (AvgIpc) is 2.97. The monoisotopic (exact) mass is 649 g/mol. The van der Waals surface area contributed by atoms with E-state index in [9.17, 15) is 18.0 Å². The minimum absolute atomic E-state index is 0.0956. The molecule has 4 aromatic carbocycles. The Bertz CT molecular complexity index is 1640. The third kappa shape index (κ3) is 7.98. The Morgan fingerprint density at radius 2 is 1.52 bits per heavy atom. The molecule has 1 N–H and O–H groups in total. The number of carbonyl (C=O) groups is 2. The Balaban J connectivity index is 1.79. The highest BCUT2D eigenvalue weighted by Gasteiger charge is 2.33. The lowest BCUT2D eigenvalue weighted by Crippen LogP contribution is -2.54. The lowest BCUT2D eigenvalue weighted by molar-refractivity contribution is -0.140. The zero-order valence-electron chi connectivity index (χ0n) is 24.0. The highest BCUT2D eigenvalue weighted by Crippen LogP contribution is 2.29. The van der Waals surface area contributed by atoms with Crippen LogP contribution in [0.15, 0.2) is 102 Å². The molecule has 0 spiro atoms. The molecule has 4 aromatic rings. The van der Waals surface area contributed by atoms with Gasteiger partial charge in [0.15, 0.2) is 0 Å². The molecule has 9 heteroatoms. The number of benzene rings is 4. The van der Waals surface area contributed by atoms with E-state index in [-0.39, 0.29) is 24.9 Å². The molecular weight excluding hydrogens is 614 g/mol. The summed E-state index contributed by atoms with van der Waals surface area (Å²) in [5.74, 6) is -0.763. The summed E-state index contributed by atoms with van der Waals surface area (Å²) >= 11 is 3.50. The van der Waals surface area contributed by atoms with Gasteiger partial charge in [-0.25, -0.2) is 8.42 Å². The summed E-state index contributed by atoms with van der Waals surface area (Å²) in [6.45, 7) is 3.57. The second-order valence-electron chi connectivity index (χ2n) is 10.4. The summed E-state index contributed by atoms with van der Waals surface area (Å²) in [5, 5.41) is 4.62. The molecule has 0 aliphatic heterocycles. The van der Waals surface area contributed by atoms with Crippen molar-refractivity contribution in [1.82, 2.24) is 10.2 Å². The van der Waals surface area contributed by atoms with Gasteiger partial charge in [-0.05, 0) is 48.1 Å². The first kappa shape index (κ1) is 31.3. The first-order chi connectivity index (χ1) is 20.1. The van der Waals surface area contributed by atoms with E-state index in [0.29, 0.717) is 11.1 Å². The Morgan fingerprint density at radius 3 is 2.21 bits per heavy atom. The Morgan fingerprint density at radius 1 is 0.881 bits per heavy atom. The fraction of sp³-hybridized carbons (Fsp3) is 0.273. The van der Waals surface area contributed by atoms with Gasteiger partial charge in [0.25, 0.3) is 0 Å². The van der Waals surface area contributed by atoms with E-state index >= 15 is 0 Å². The van der Waals surface area contributed by atoms with Gasteiger partial charge in [0.1, 0.15) is 12.6 Å². The van der Waals surface area contributed by atoms with Gasteiger partial charge in [-0.2, -0.15) is 0 Å². The van der Waals surface area contributed by atoms with Crippen LogP contribution in [0.2, 0.25) is 0 Å². The van der Waals surface area contributed by atoms with Crippen LogP contribution in [-0.2, 0) is 32.6 Å². The predicted octanol–water partition coefficient (Wildman–Crippen LogP) is 5.92. The quantitative estimate of drug-likeness (QED) is 0.206. The minimum Gasteiger partial charge on any atom is -0.352 e. The van der Waals surface area contributed by atoms with E-state index in [1.165, 1.54) is 4.90 Å². The van der Waals surface area contributed by atoms with Crippen molar-refractivity contribution in [2.75, 3.05) is 17.1 Å². The highest BCUT2D eigenvalue weighted by molar-refractivity contribution is 9.10. The fourth-order valence-corrected chi connectivity index (χ4v) is 6.16. The van der Waals surface area contributed by atoms with Crippen LogP contribution in [0.4, 0.5) is 5.69 Å². The van der Waals surface area contributed by atoms with E-state index in [1.807, 2.05) is 98.8 Å². The molecule has 0 heterocycles. The molecule has 0 saturated carbocycles. The Hall–Kier alpha value is -3.69. The molecule has 2 amide bonds. The number of carbonyl (C=O) groups excluding carboxylic acids is 2. The second-order valence-corrected chi connectivity index (χ2v) is 13.3. The molecule has 0 fully saturated rings. The van der Waals surface area contributed by atoms with E-state index in [2.05, 4.69) is 21.2 Å². The van der Waals surface area contributed by atoms with Gasteiger partial charge >= 0.3 is 0 Å².